The lowest BCUT2D eigenvalue weighted by molar-refractivity contribution is -0.240. The third-order valence-corrected chi connectivity index (χ3v) is 9.26. The van der Waals surface area contributed by atoms with Crippen molar-refractivity contribution >= 4 is 44.8 Å². The lowest BCUT2D eigenvalue weighted by Crippen LogP contribution is -2.62. The Balaban J connectivity index is 1.40. The molecule has 0 radical (unpaired) electrons. The number of amides is 1. The molecule has 0 aliphatic carbocycles. The van der Waals surface area contributed by atoms with E-state index in [4.69, 9.17) is 21.1 Å². The number of halogens is 1. The molecule has 2 aliphatic rings. The van der Waals surface area contributed by atoms with Crippen LogP contribution in [0.1, 0.15) is 43.6 Å². The molecule has 1 saturated heterocycles. The van der Waals surface area contributed by atoms with Crippen LogP contribution >= 0.6 is 11.6 Å². The second kappa shape index (κ2) is 11.9. The van der Waals surface area contributed by atoms with E-state index < -0.39 is 27.5 Å². The molecule has 1 aromatic heterocycles. The number of para-hydroxylation sites is 1. The molecule has 2 N–H and O–H groups in total. The fourth-order valence-electron chi connectivity index (χ4n) is 4.73. The number of benzene rings is 2. The number of nitrogens with one attached hydrogen (secondary N) is 2. The molecule has 5 rings (SSSR count). The maximum absolute atomic E-state index is 13.3. The van der Waals surface area contributed by atoms with Crippen LogP contribution in [0.5, 0.6) is 0 Å². The van der Waals surface area contributed by atoms with Crippen LogP contribution in [-0.2, 0) is 25.9 Å². The fourth-order valence-corrected chi connectivity index (χ4v) is 6.07. The molecule has 218 valence electrons. The van der Waals surface area contributed by atoms with E-state index >= 15 is 0 Å². The minimum Gasteiger partial charge on any atom is -0.354 e. The Morgan fingerprint density at radius 3 is 2.56 bits per heavy atom. The van der Waals surface area contributed by atoms with E-state index in [1.165, 1.54) is 6.20 Å². The SMILES string of the molecule is CC(C)OC1C(Nc2ncc(Cl)c(Nc3ccccc3S(=O)(=O)C(C)C)n2)OCCN1N1Cc2ccccc2C1=O. The number of sulfone groups is 1. The number of hydrazine groups is 1. The highest BCUT2D eigenvalue weighted by Gasteiger charge is 2.42. The smallest absolute Gasteiger partial charge is 0.268 e. The van der Waals surface area contributed by atoms with Gasteiger partial charge in [-0.25, -0.2) is 13.4 Å². The normalized spacial score (nSPS) is 19.6. The molecule has 1 amide bonds. The van der Waals surface area contributed by atoms with Gasteiger partial charge in [-0.2, -0.15) is 9.99 Å². The van der Waals surface area contributed by atoms with Crippen LogP contribution in [0, 0.1) is 0 Å². The molecule has 2 unspecified atom stereocenters. The first-order valence-electron chi connectivity index (χ1n) is 13.4. The van der Waals surface area contributed by atoms with Crippen molar-refractivity contribution in [1.29, 1.82) is 0 Å². The molecule has 41 heavy (non-hydrogen) atoms. The number of hydrogen-bond acceptors (Lipinski definition) is 10. The van der Waals surface area contributed by atoms with Gasteiger partial charge in [0, 0.05) is 12.1 Å². The molecule has 2 aromatic carbocycles. The second-order valence-corrected chi connectivity index (χ2v) is 13.2. The fraction of sp³-hybridized carbons (Fsp3) is 0.393. The van der Waals surface area contributed by atoms with Gasteiger partial charge in [0.25, 0.3) is 5.91 Å². The average Bonchev–Trinajstić information content (AvgIpc) is 3.27. The number of carbonyl (C=O) groups excluding carboxylic acids is 1. The standard InChI is InChI=1S/C28H33ClN6O5S/c1-17(2)40-27-25(39-14-13-34(27)35-16-19-9-5-6-10-20(19)26(35)36)33-28-30-15-21(29)24(32-28)31-22-11-7-8-12-23(22)41(37,38)18(3)4/h5-12,15,17-18,25,27H,13-14,16H2,1-4H3,(H2,30,31,32,33). The molecule has 1 fully saturated rings. The number of fused-ring (bicyclic) bond motifs is 1. The zero-order chi connectivity index (χ0) is 29.3. The Kier molecular flexibility index (Phi) is 8.48. The molecule has 13 heteroatoms. The highest BCUT2D eigenvalue weighted by Crippen LogP contribution is 2.32. The van der Waals surface area contributed by atoms with Crippen molar-refractivity contribution in [1.82, 2.24) is 20.0 Å². The van der Waals surface area contributed by atoms with Crippen molar-refractivity contribution < 1.29 is 22.7 Å². The summed E-state index contributed by atoms with van der Waals surface area (Å²) in [4.78, 5) is 22.2. The summed E-state index contributed by atoms with van der Waals surface area (Å²) in [5.41, 5.74) is 1.97. The second-order valence-electron chi connectivity index (χ2n) is 10.3. The van der Waals surface area contributed by atoms with Crippen LogP contribution < -0.4 is 10.6 Å². The molecule has 3 heterocycles. The van der Waals surface area contributed by atoms with Gasteiger partial charge < -0.3 is 20.1 Å². The molecule has 2 aliphatic heterocycles. The van der Waals surface area contributed by atoms with Gasteiger partial charge >= 0.3 is 0 Å². The minimum atomic E-state index is -3.57. The number of nitrogens with zero attached hydrogens (tertiary/aromatic N) is 4. The quantitative estimate of drug-likeness (QED) is 0.364. The van der Waals surface area contributed by atoms with Crippen molar-refractivity contribution in [3.8, 4) is 0 Å². The van der Waals surface area contributed by atoms with E-state index in [0.29, 0.717) is 30.9 Å². The van der Waals surface area contributed by atoms with Crippen molar-refractivity contribution in [3.05, 3.63) is 70.9 Å². The Morgan fingerprint density at radius 2 is 1.83 bits per heavy atom. The summed E-state index contributed by atoms with van der Waals surface area (Å²) in [7, 11) is -3.57. The summed E-state index contributed by atoms with van der Waals surface area (Å²) in [6.45, 7) is 8.29. The number of aromatic nitrogens is 2. The molecule has 0 bridgehead atoms. The van der Waals surface area contributed by atoms with Crippen molar-refractivity contribution in [2.24, 2.45) is 0 Å². The first-order chi connectivity index (χ1) is 19.6. The molecule has 11 nitrogen and oxygen atoms in total. The number of morpholine rings is 1. The van der Waals surface area contributed by atoms with Crippen LogP contribution in [-0.4, -0.2) is 71.3 Å². The predicted octanol–water partition coefficient (Wildman–Crippen LogP) is 4.45. The van der Waals surface area contributed by atoms with E-state index in [-0.39, 0.29) is 33.7 Å². The van der Waals surface area contributed by atoms with Gasteiger partial charge in [-0.05, 0) is 51.5 Å². The van der Waals surface area contributed by atoms with E-state index in [1.807, 2.05) is 43.1 Å². The largest absolute Gasteiger partial charge is 0.354 e. The summed E-state index contributed by atoms with van der Waals surface area (Å²) in [6, 6.07) is 14.1. The topological polar surface area (TPSA) is 126 Å². The van der Waals surface area contributed by atoms with Gasteiger partial charge in [0.2, 0.25) is 5.95 Å². The number of hydrogen-bond donors (Lipinski definition) is 2. The maximum atomic E-state index is 13.3. The Morgan fingerprint density at radius 1 is 1.10 bits per heavy atom. The average molecular weight is 601 g/mol. The Hall–Kier alpha value is -3.29. The lowest BCUT2D eigenvalue weighted by atomic mass is 10.1. The summed E-state index contributed by atoms with van der Waals surface area (Å²) in [6.07, 6.45) is -0.158. The van der Waals surface area contributed by atoms with Gasteiger partial charge in [0.15, 0.2) is 28.1 Å². The molecular weight excluding hydrogens is 568 g/mol. The highest BCUT2D eigenvalue weighted by atomic mass is 35.5. The molecule has 0 spiro atoms. The summed E-state index contributed by atoms with van der Waals surface area (Å²) in [5.74, 6) is 0.305. The van der Waals surface area contributed by atoms with Gasteiger partial charge in [-0.1, -0.05) is 41.9 Å². The predicted molar refractivity (Wildman–Crippen MR) is 155 cm³/mol. The maximum Gasteiger partial charge on any atom is 0.268 e. The van der Waals surface area contributed by atoms with E-state index in [1.54, 1.807) is 43.1 Å². The molecular formula is C28H33ClN6O5S. The lowest BCUT2D eigenvalue weighted by Gasteiger charge is -2.45. The van der Waals surface area contributed by atoms with Crippen molar-refractivity contribution in [3.63, 3.8) is 0 Å². The Labute approximate surface area is 244 Å². The minimum absolute atomic E-state index is 0.0946. The molecule has 2 atom stereocenters. The molecule has 3 aromatic rings. The summed E-state index contributed by atoms with van der Waals surface area (Å²) < 4.78 is 38.2. The number of rotatable bonds is 9. The van der Waals surface area contributed by atoms with Gasteiger partial charge in [-0.15, -0.1) is 0 Å². The monoisotopic (exact) mass is 600 g/mol. The van der Waals surface area contributed by atoms with Crippen molar-refractivity contribution in [2.45, 2.75) is 62.9 Å². The van der Waals surface area contributed by atoms with E-state index in [0.717, 1.165) is 5.56 Å². The highest BCUT2D eigenvalue weighted by molar-refractivity contribution is 7.92. The van der Waals surface area contributed by atoms with Crippen LogP contribution in [0.3, 0.4) is 0 Å². The zero-order valence-corrected chi connectivity index (χ0v) is 24.8. The van der Waals surface area contributed by atoms with Gasteiger partial charge in [0.05, 0.1) is 41.3 Å². The van der Waals surface area contributed by atoms with Gasteiger partial charge in [0.1, 0.15) is 5.02 Å². The zero-order valence-electron chi connectivity index (χ0n) is 23.2. The van der Waals surface area contributed by atoms with E-state index in [2.05, 4.69) is 20.6 Å². The van der Waals surface area contributed by atoms with Crippen LogP contribution in [0.25, 0.3) is 0 Å². The third-order valence-electron chi connectivity index (χ3n) is 6.78. The number of carbonyl (C=O) groups is 1. The van der Waals surface area contributed by atoms with Crippen molar-refractivity contribution in [2.75, 3.05) is 23.8 Å². The van der Waals surface area contributed by atoms with Crippen LogP contribution in [0.4, 0.5) is 17.5 Å². The Bertz CT molecular complexity index is 1540. The summed E-state index contributed by atoms with van der Waals surface area (Å²) in [5, 5.41) is 9.40. The number of anilines is 3. The number of ether oxygens (including phenoxy) is 2. The molecule has 0 saturated carbocycles. The van der Waals surface area contributed by atoms with Crippen LogP contribution in [0.15, 0.2) is 59.6 Å². The first kappa shape index (κ1) is 29.2. The third kappa shape index (κ3) is 6.02. The van der Waals surface area contributed by atoms with Crippen LogP contribution in [0.2, 0.25) is 5.02 Å². The summed E-state index contributed by atoms with van der Waals surface area (Å²) >= 11 is 6.41. The van der Waals surface area contributed by atoms with E-state index in [9.17, 15) is 13.2 Å². The van der Waals surface area contributed by atoms with Gasteiger partial charge in [-0.3, -0.25) is 9.80 Å². The first-order valence-corrected chi connectivity index (χ1v) is 15.3.